The predicted molar refractivity (Wildman–Crippen MR) is 111 cm³/mol. The molecule has 1 aliphatic rings. The molecule has 1 N–H and O–H groups in total. The Labute approximate surface area is 166 Å². The number of hydroxylamine groups is 1. The molecule has 0 aromatic heterocycles. The van der Waals surface area contributed by atoms with Crippen molar-refractivity contribution in [1.82, 2.24) is 5.48 Å². The lowest BCUT2D eigenvalue weighted by atomic mass is 9.81. The fourth-order valence-electron chi connectivity index (χ4n) is 4.04. The molecule has 0 fully saturated rings. The second-order valence-electron chi connectivity index (χ2n) is 7.34. The number of nitrogens with one attached hydrogen (secondary N) is 1. The lowest BCUT2D eigenvalue weighted by Gasteiger charge is -2.25. The van der Waals surface area contributed by atoms with Crippen LogP contribution in [0, 0.1) is 0 Å². The maximum atomic E-state index is 12.7. The van der Waals surface area contributed by atoms with Crippen molar-refractivity contribution in [3.8, 4) is 0 Å². The van der Waals surface area contributed by atoms with Crippen LogP contribution in [0.25, 0.3) is 0 Å². The number of benzene rings is 3. The third-order valence-corrected chi connectivity index (χ3v) is 5.42. The highest BCUT2D eigenvalue weighted by atomic mass is 16.7. The summed E-state index contributed by atoms with van der Waals surface area (Å²) in [4.78, 5) is 18.6. The Morgan fingerprint density at radius 2 is 1.50 bits per heavy atom. The van der Waals surface area contributed by atoms with Crippen molar-refractivity contribution in [2.75, 3.05) is 0 Å². The van der Waals surface area contributed by atoms with Gasteiger partial charge in [0.1, 0.15) is 6.10 Å². The molecule has 0 saturated carbocycles. The number of carbonyl (C=O) groups excluding carboxylic acids is 1. The standard InChI is InChI=1S/C25H25NO2/c27-24(18-22-16-9-15-19-10-7-8-17-23(19)22)26-28-25(20-11-3-1-4-12-20)21-13-5-2-6-14-21/h1-8,10-14,17,22,25H,9,15-16,18H2,(H,26,27). The number of carbonyl (C=O) groups is 1. The van der Waals surface area contributed by atoms with Crippen LogP contribution in [0.2, 0.25) is 0 Å². The molecule has 142 valence electrons. The SMILES string of the molecule is O=C(CC1CCCc2ccccc21)NOC(c1ccccc1)c1ccccc1. The molecule has 1 unspecified atom stereocenters. The Morgan fingerprint density at radius 1 is 0.893 bits per heavy atom. The zero-order chi connectivity index (χ0) is 19.2. The fourth-order valence-corrected chi connectivity index (χ4v) is 4.04. The first-order valence-electron chi connectivity index (χ1n) is 9.93. The summed E-state index contributed by atoms with van der Waals surface area (Å²) in [6, 6.07) is 28.4. The number of aryl methyl sites for hydroxylation is 1. The van der Waals surface area contributed by atoms with Crippen LogP contribution in [-0.2, 0) is 16.1 Å². The van der Waals surface area contributed by atoms with Crippen LogP contribution in [0.5, 0.6) is 0 Å². The highest BCUT2D eigenvalue weighted by molar-refractivity contribution is 5.76. The Morgan fingerprint density at radius 3 is 2.18 bits per heavy atom. The Kier molecular flexibility index (Phi) is 5.83. The van der Waals surface area contributed by atoms with Gasteiger partial charge in [0.15, 0.2) is 0 Å². The Bertz CT molecular complexity index is 869. The van der Waals surface area contributed by atoms with Gasteiger partial charge in [-0.25, -0.2) is 5.48 Å². The van der Waals surface area contributed by atoms with Crippen molar-refractivity contribution in [3.05, 3.63) is 107 Å². The number of hydrogen-bond donors (Lipinski definition) is 1. The second kappa shape index (κ2) is 8.85. The van der Waals surface area contributed by atoms with Gasteiger partial charge in [0.2, 0.25) is 5.91 Å². The molecule has 0 spiro atoms. The van der Waals surface area contributed by atoms with Crippen LogP contribution < -0.4 is 5.48 Å². The van der Waals surface area contributed by atoms with Crippen LogP contribution in [0.4, 0.5) is 0 Å². The van der Waals surface area contributed by atoms with Gasteiger partial charge in [-0.2, -0.15) is 0 Å². The first kappa shape index (κ1) is 18.5. The topological polar surface area (TPSA) is 38.3 Å². The Hall–Kier alpha value is -2.91. The van der Waals surface area contributed by atoms with Crippen LogP contribution in [-0.4, -0.2) is 5.91 Å². The van der Waals surface area contributed by atoms with Gasteiger partial charge in [0, 0.05) is 6.42 Å². The minimum absolute atomic E-state index is 0.0708. The highest BCUT2D eigenvalue weighted by Crippen LogP contribution is 2.34. The smallest absolute Gasteiger partial charge is 0.244 e. The first-order valence-corrected chi connectivity index (χ1v) is 9.93. The summed E-state index contributed by atoms with van der Waals surface area (Å²) in [5.41, 5.74) is 7.43. The summed E-state index contributed by atoms with van der Waals surface area (Å²) in [6.45, 7) is 0. The molecular weight excluding hydrogens is 346 g/mol. The summed E-state index contributed by atoms with van der Waals surface area (Å²) in [5.74, 6) is 0.194. The van der Waals surface area contributed by atoms with E-state index in [0.29, 0.717) is 6.42 Å². The zero-order valence-electron chi connectivity index (χ0n) is 15.9. The largest absolute Gasteiger partial charge is 0.273 e. The molecule has 3 aromatic carbocycles. The van der Waals surface area contributed by atoms with Crippen molar-refractivity contribution in [2.24, 2.45) is 0 Å². The molecule has 3 heteroatoms. The van der Waals surface area contributed by atoms with E-state index in [-0.39, 0.29) is 17.9 Å². The summed E-state index contributed by atoms with van der Waals surface area (Å²) in [5, 5.41) is 0. The minimum atomic E-state index is -0.329. The van der Waals surface area contributed by atoms with Crippen molar-refractivity contribution in [3.63, 3.8) is 0 Å². The Balaban J connectivity index is 1.44. The van der Waals surface area contributed by atoms with Crippen LogP contribution >= 0.6 is 0 Å². The molecule has 1 aliphatic carbocycles. The van der Waals surface area contributed by atoms with Crippen molar-refractivity contribution in [1.29, 1.82) is 0 Å². The lowest BCUT2D eigenvalue weighted by Crippen LogP contribution is -2.28. The molecular formula is C25H25NO2. The van der Waals surface area contributed by atoms with Gasteiger partial charge in [-0.15, -0.1) is 0 Å². The average Bonchev–Trinajstić information content (AvgIpc) is 2.76. The molecule has 1 amide bonds. The van der Waals surface area contributed by atoms with E-state index < -0.39 is 0 Å². The van der Waals surface area contributed by atoms with Gasteiger partial charge >= 0.3 is 0 Å². The van der Waals surface area contributed by atoms with Crippen LogP contribution in [0.1, 0.15) is 53.5 Å². The molecule has 4 rings (SSSR count). The third-order valence-electron chi connectivity index (χ3n) is 5.42. The van der Waals surface area contributed by atoms with Gasteiger partial charge in [0.05, 0.1) is 0 Å². The maximum absolute atomic E-state index is 12.7. The monoisotopic (exact) mass is 371 g/mol. The van der Waals surface area contributed by atoms with Gasteiger partial charge in [0.25, 0.3) is 0 Å². The lowest BCUT2D eigenvalue weighted by molar-refractivity contribution is -0.137. The van der Waals surface area contributed by atoms with Gasteiger partial charge in [-0.05, 0) is 47.4 Å². The average molecular weight is 371 g/mol. The third kappa shape index (κ3) is 4.32. The van der Waals surface area contributed by atoms with Crippen molar-refractivity contribution in [2.45, 2.75) is 37.7 Å². The van der Waals surface area contributed by atoms with E-state index in [0.717, 1.165) is 30.4 Å². The van der Waals surface area contributed by atoms with Gasteiger partial charge in [-0.3, -0.25) is 9.63 Å². The summed E-state index contributed by atoms with van der Waals surface area (Å²) >= 11 is 0. The molecule has 0 bridgehead atoms. The summed E-state index contributed by atoms with van der Waals surface area (Å²) in [7, 11) is 0. The second-order valence-corrected chi connectivity index (χ2v) is 7.34. The first-order chi connectivity index (χ1) is 13.8. The summed E-state index contributed by atoms with van der Waals surface area (Å²) in [6.07, 6.45) is 3.41. The van der Waals surface area contributed by atoms with Crippen LogP contribution in [0.15, 0.2) is 84.9 Å². The normalized spacial score (nSPS) is 15.8. The number of fused-ring (bicyclic) bond motifs is 1. The van der Waals surface area contributed by atoms with E-state index in [9.17, 15) is 4.79 Å². The molecule has 0 saturated heterocycles. The molecule has 0 heterocycles. The number of amides is 1. The van der Waals surface area contributed by atoms with Gasteiger partial charge in [-0.1, -0.05) is 84.9 Å². The molecule has 28 heavy (non-hydrogen) atoms. The fraction of sp³-hybridized carbons (Fsp3) is 0.240. The van der Waals surface area contributed by atoms with E-state index in [2.05, 4.69) is 29.7 Å². The van der Waals surface area contributed by atoms with Crippen molar-refractivity contribution < 1.29 is 9.63 Å². The van der Waals surface area contributed by atoms with Crippen molar-refractivity contribution >= 4 is 5.91 Å². The number of rotatable bonds is 6. The van der Waals surface area contributed by atoms with E-state index >= 15 is 0 Å². The maximum Gasteiger partial charge on any atom is 0.244 e. The minimum Gasteiger partial charge on any atom is -0.273 e. The van der Waals surface area contributed by atoms with E-state index in [1.807, 2.05) is 60.7 Å². The molecule has 1 atom stereocenters. The van der Waals surface area contributed by atoms with Crippen LogP contribution in [0.3, 0.4) is 0 Å². The zero-order valence-corrected chi connectivity index (χ0v) is 15.9. The molecule has 3 aromatic rings. The highest BCUT2D eigenvalue weighted by Gasteiger charge is 2.23. The molecule has 3 nitrogen and oxygen atoms in total. The summed E-state index contributed by atoms with van der Waals surface area (Å²) < 4.78 is 0. The predicted octanol–water partition coefficient (Wildman–Crippen LogP) is 5.33. The molecule has 0 radical (unpaired) electrons. The van der Waals surface area contributed by atoms with Gasteiger partial charge < -0.3 is 0 Å². The van der Waals surface area contributed by atoms with E-state index in [1.54, 1.807) is 0 Å². The molecule has 0 aliphatic heterocycles. The van der Waals surface area contributed by atoms with E-state index in [1.165, 1.54) is 11.1 Å². The quantitative estimate of drug-likeness (QED) is 0.595. The van der Waals surface area contributed by atoms with E-state index in [4.69, 9.17) is 4.84 Å². The number of hydrogen-bond acceptors (Lipinski definition) is 2.